The molecule has 1 aliphatic carbocycles. The van der Waals surface area contributed by atoms with Crippen molar-refractivity contribution in [3.8, 4) is 0 Å². The zero-order valence-electron chi connectivity index (χ0n) is 8.37. The molecule has 76 valence electrons. The van der Waals surface area contributed by atoms with Crippen LogP contribution in [0.15, 0.2) is 30.3 Å². The number of hydrogen-bond donors (Lipinski definition) is 0. The number of halogens is 2. The Balaban J connectivity index is 2.23. The van der Waals surface area contributed by atoms with Crippen LogP contribution in [0.25, 0.3) is 0 Å². The highest BCUT2D eigenvalue weighted by molar-refractivity contribution is 6.51. The lowest BCUT2D eigenvalue weighted by Gasteiger charge is -2.01. The van der Waals surface area contributed by atoms with Crippen LogP contribution in [0.1, 0.15) is 25.3 Å². The average Bonchev–Trinajstić information content (AvgIpc) is 2.71. The standard InChI is InChI=1S/C12H14Cl2/c1-8(2)10-11(12(10,13)14)9-6-4-3-5-7-9/h3-8,10-11H,1-2H3/t10-,11-/m1/s1. The van der Waals surface area contributed by atoms with Gasteiger partial charge in [-0.2, -0.15) is 0 Å². The van der Waals surface area contributed by atoms with Crippen molar-refractivity contribution in [2.75, 3.05) is 0 Å². The molecule has 1 aromatic carbocycles. The van der Waals surface area contributed by atoms with Crippen molar-refractivity contribution in [1.29, 1.82) is 0 Å². The maximum absolute atomic E-state index is 6.27. The Kier molecular flexibility index (Phi) is 2.53. The molecule has 1 aromatic rings. The lowest BCUT2D eigenvalue weighted by molar-refractivity contribution is 0.544. The first-order valence-electron chi connectivity index (χ1n) is 4.98. The molecule has 0 N–H and O–H groups in total. The van der Waals surface area contributed by atoms with Gasteiger partial charge in [0.15, 0.2) is 0 Å². The second kappa shape index (κ2) is 3.43. The van der Waals surface area contributed by atoms with Gasteiger partial charge in [0, 0.05) is 11.8 Å². The molecule has 2 heteroatoms. The SMILES string of the molecule is CC(C)[C@@H]1[C@@H](c2ccccc2)C1(Cl)Cl. The molecule has 1 fully saturated rings. The fourth-order valence-corrected chi connectivity index (χ4v) is 3.42. The predicted octanol–water partition coefficient (Wildman–Crippen LogP) is 4.23. The van der Waals surface area contributed by atoms with Gasteiger partial charge in [-0.15, -0.1) is 23.2 Å². The molecule has 0 amide bonds. The summed E-state index contributed by atoms with van der Waals surface area (Å²) in [5.74, 6) is 1.25. The van der Waals surface area contributed by atoms with Gasteiger partial charge in [0.2, 0.25) is 0 Å². The quantitative estimate of drug-likeness (QED) is 0.665. The van der Waals surface area contributed by atoms with Gasteiger partial charge >= 0.3 is 0 Å². The number of alkyl halides is 2. The van der Waals surface area contributed by atoms with E-state index >= 15 is 0 Å². The maximum atomic E-state index is 6.27. The van der Waals surface area contributed by atoms with Crippen LogP contribution in [0, 0.1) is 11.8 Å². The van der Waals surface area contributed by atoms with Crippen molar-refractivity contribution in [3.63, 3.8) is 0 Å². The molecule has 0 aromatic heterocycles. The van der Waals surface area contributed by atoms with E-state index in [1.165, 1.54) is 5.56 Å². The summed E-state index contributed by atoms with van der Waals surface area (Å²) in [6.07, 6.45) is 0. The van der Waals surface area contributed by atoms with Gasteiger partial charge < -0.3 is 0 Å². The Bertz CT molecular complexity index is 316. The molecule has 2 rings (SSSR count). The highest BCUT2D eigenvalue weighted by Gasteiger charge is 2.64. The Labute approximate surface area is 95.2 Å². The molecule has 0 radical (unpaired) electrons. The van der Waals surface area contributed by atoms with E-state index in [4.69, 9.17) is 23.2 Å². The van der Waals surface area contributed by atoms with Gasteiger partial charge in [-0.25, -0.2) is 0 Å². The summed E-state index contributed by atoms with van der Waals surface area (Å²) in [5, 5.41) is 0. The summed E-state index contributed by atoms with van der Waals surface area (Å²) in [6, 6.07) is 10.3. The van der Waals surface area contributed by atoms with Crippen molar-refractivity contribution in [2.45, 2.75) is 24.1 Å². The molecular formula is C12H14Cl2. The van der Waals surface area contributed by atoms with E-state index in [1.54, 1.807) is 0 Å². The van der Waals surface area contributed by atoms with Gasteiger partial charge in [-0.3, -0.25) is 0 Å². The van der Waals surface area contributed by atoms with Crippen LogP contribution in [0.2, 0.25) is 0 Å². The zero-order valence-corrected chi connectivity index (χ0v) is 9.89. The third-order valence-corrected chi connectivity index (χ3v) is 3.96. The Hall–Kier alpha value is -0.200. The normalized spacial score (nSPS) is 29.2. The molecule has 14 heavy (non-hydrogen) atoms. The van der Waals surface area contributed by atoms with Gasteiger partial charge in [0.05, 0.1) is 0 Å². The number of benzene rings is 1. The van der Waals surface area contributed by atoms with Crippen molar-refractivity contribution >= 4 is 23.2 Å². The molecule has 0 heterocycles. The molecule has 0 spiro atoms. The first-order valence-corrected chi connectivity index (χ1v) is 5.73. The van der Waals surface area contributed by atoms with Gasteiger partial charge in [-0.05, 0) is 11.5 Å². The molecule has 0 saturated heterocycles. The molecular weight excluding hydrogens is 215 g/mol. The fraction of sp³-hybridized carbons (Fsp3) is 0.500. The van der Waals surface area contributed by atoms with Crippen LogP contribution in [0.5, 0.6) is 0 Å². The van der Waals surface area contributed by atoms with Crippen LogP contribution in [0.4, 0.5) is 0 Å². The van der Waals surface area contributed by atoms with E-state index in [9.17, 15) is 0 Å². The van der Waals surface area contributed by atoms with E-state index in [1.807, 2.05) is 18.2 Å². The molecule has 2 atom stereocenters. The second-order valence-corrected chi connectivity index (χ2v) is 5.78. The van der Waals surface area contributed by atoms with Crippen LogP contribution in [-0.2, 0) is 0 Å². The molecule has 1 aliphatic rings. The average molecular weight is 229 g/mol. The lowest BCUT2D eigenvalue weighted by atomic mass is 10.0. The van der Waals surface area contributed by atoms with E-state index < -0.39 is 4.33 Å². The third kappa shape index (κ3) is 1.55. The Morgan fingerprint density at radius 1 is 1.14 bits per heavy atom. The zero-order chi connectivity index (χ0) is 10.3. The molecule has 0 nitrogen and oxygen atoms in total. The first-order chi connectivity index (χ1) is 6.55. The van der Waals surface area contributed by atoms with Crippen molar-refractivity contribution in [2.24, 2.45) is 11.8 Å². The number of hydrogen-bond acceptors (Lipinski definition) is 0. The largest absolute Gasteiger partial charge is 0.129 e. The molecule has 0 bridgehead atoms. The van der Waals surface area contributed by atoms with E-state index in [-0.39, 0.29) is 0 Å². The van der Waals surface area contributed by atoms with E-state index in [0.29, 0.717) is 17.8 Å². The summed E-state index contributed by atoms with van der Waals surface area (Å²) in [6.45, 7) is 4.35. The predicted molar refractivity (Wildman–Crippen MR) is 61.9 cm³/mol. The van der Waals surface area contributed by atoms with Crippen LogP contribution >= 0.6 is 23.2 Å². The van der Waals surface area contributed by atoms with Gasteiger partial charge in [0.1, 0.15) is 4.33 Å². The van der Waals surface area contributed by atoms with Crippen molar-refractivity contribution < 1.29 is 0 Å². The van der Waals surface area contributed by atoms with Crippen LogP contribution in [0.3, 0.4) is 0 Å². The van der Waals surface area contributed by atoms with Gasteiger partial charge in [0.25, 0.3) is 0 Å². The Morgan fingerprint density at radius 3 is 2.14 bits per heavy atom. The monoisotopic (exact) mass is 228 g/mol. The summed E-state index contributed by atoms with van der Waals surface area (Å²) in [7, 11) is 0. The van der Waals surface area contributed by atoms with Crippen molar-refractivity contribution in [1.82, 2.24) is 0 Å². The summed E-state index contributed by atoms with van der Waals surface area (Å²) in [4.78, 5) is 0. The lowest BCUT2D eigenvalue weighted by Crippen LogP contribution is -1.97. The maximum Gasteiger partial charge on any atom is 0.129 e. The minimum absolute atomic E-state index is 0.312. The molecule has 0 unspecified atom stereocenters. The highest BCUT2D eigenvalue weighted by Crippen LogP contribution is 2.67. The third-order valence-electron chi connectivity index (χ3n) is 2.99. The van der Waals surface area contributed by atoms with Crippen molar-refractivity contribution in [3.05, 3.63) is 35.9 Å². The summed E-state index contributed by atoms with van der Waals surface area (Å²) < 4.78 is -0.546. The smallest absolute Gasteiger partial charge is 0.101 e. The minimum Gasteiger partial charge on any atom is -0.101 e. The number of rotatable bonds is 2. The summed E-state index contributed by atoms with van der Waals surface area (Å²) in [5.41, 5.74) is 1.26. The van der Waals surface area contributed by atoms with E-state index in [0.717, 1.165) is 0 Å². The first kappa shape index (κ1) is 10.3. The molecule has 0 aliphatic heterocycles. The van der Waals surface area contributed by atoms with Crippen LogP contribution in [-0.4, -0.2) is 4.33 Å². The molecule has 1 saturated carbocycles. The fourth-order valence-electron chi connectivity index (χ4n) is 2.27. The minimum atomic E-state index is -0.546. The van der Waals surface area contributed by atoms with E-state index in [2.05, 4.69) is 26.0 Å². The summed E-state index contributed by atoms with van der Waals surface area (Å²) >= 11 is 12.5. The second-order valence-electron chi connectivity index (χ2n) is 4.33. The van der Waals surface area contributed by atoms with Gasteiger partial charge in [-0.1, -0.05) is 44.2 Å². The topological polar surface area (TPSA) is 0 Å². The highest BCUT2D eigenvalue weighted by atomic mass is 35.5. The van der Waals surface area contributed by atoms with Crippen LogP contribution < -0.4 is 0 Å². The Morgan fingerprint density at radius 2 is 1.71 bits per heavy atom.